The standard InChI is InChI=1S/C21H29N3O5/c1-15-7-10-22(11-8-15)18-6-5-17(12-19(18)24(27)28)21(26)29-14-20(25)23-9-3-4-16(2)13-23/h5-6,12,15-16H,3-4,7-11,13-14H2,1-2H3. The molecule has 0 aromatic heterocycles. The summed E-state index contributed by atoms with van der Waals surface area (Å²) in [5.41, 5.74) is 0.507. The third-order valence-electron chi connectivity index (χ3n) is 5.87. The first-order valence-corrected chi connectivity index (χ1v) is 10.3. The minimum absolute atomic E-state index is 0.0886. The van der Waals surface area contributed by atoms with Crippen LogP contribution in [0.1, 0.15) is 49.9 Å². The fourth-order valence-corrected chi connectivity index (χ4v) is 4.03. The zero-order valence-corrected chi connectivity index (χ0v) is 17.1. The maximum Gasteiger partial charge on any atom is 0.338 e. The van der Waals surface area contributed by atoms with Crippen LogP contribution >= 0.6 is 0 Å². The van der Waals surface area contributed by atoms with Gasteiger partial charge in [-0.1, -0.05) is 13.8 Å². The number of esters is 1. The van der Waals surface area contributed by atoms with E-state index >= 15 is 0 Å². The molecule has 8 nitrogen and oxygen atoms in total. The van der Waals surface area contributed by atoms with Crippen molar-refractivity contribution in [1.29, 1.82) is 0 Å². The lowest BCUT2D eigenvalue weighted by atomic mass is 9.98. The van der Waals surface area contributed by atoms with E-state index in [-0.39, 0.29) is 23.8 Å². The number of ether oxygens (including phenoxy) is 1. The van der Waals surface area contributed by atoms with Gasteiger partial charge >= 0.3 is 5.97 Å². The van der Waals surface area contributed by atoms with E-state index in [0.717, 1.165) is 38.8 Å². The number of nitrogens with zero attached hydrogens (tertiary/aromatic N) is 3. The fourth-order valence-electron chi connectivity index (χ4n) is 4.03. The lowest BCUT2D eigenvalue weighted by Gasteiger charge is -2.31. The lowest BCUT2D eigenvalue weighted by Crippen LogP contribution is -2.41. The number of carbonyl (C=O) groups excluding carboxylic acids is 2. The zero-order valence-electron chi connectivity index (χ0n) is 17.1. The number of anilines is 1. The number of nitro benzene ring substituents is 1. The molecule has 0 bridgehead atoms. The first-order chi connectivity index (χ1) is 13.8. The van der Waals surface area contributed by atoms with Crippen molar-refractivity contribution in [3.8, 4) is 0 Å². The molecule has 2 heterocycles. The molecule has 1 aromatic rings. The van der Waals surface area contributed by atoms with Crippen LogP contribution < -0.4 is 4.90 Å². The molecule has 2 saturated heterocycles. The van der Waals surface area contributed by atoms with Crippen molar-refractivity contribution in [2.24, 2.45) is 11.8 Å². The maximum absolute atomic E-state index is 12.4. The van der Waals surface area contributed by atoms with Crippen molar-refractivity contribution >= 4 is 23.3 Å². The molecular weight excluding hydrogens is 374 g/mol. The average Bonchev–Trinajstić information content (AvgIpc) is 2.72. The number of amides is 1. The van der Waals surface area contributed by atoms with E-state index in [4.69, 9.17) is 4.74 Å². The Kier molecular flexibility index (Phi) is 6.71. The minimum atomic E-state index is -0.717. The maximum atomic E-state index is 12.4. The molecule has 1 unspecified atom stereocenters. The molecule has 0 saturated carbocycles. The molecular formula is C21H29N3O5. The second kappa shape index (κ2) is 9.24. The Balaban J connectivity index is 1.65. The number of carbonyl (C=O) groups is 2. The SMILES string of the molecule is CC1CCN(c2ccc(C(=O)OCC(=O)N3CCCC(C)C3)cc2[N+](=O)[O-])CC1. The van der Waals surface area contributed by atoms with Crippen molar-refractivity contribution in [2.75, 3.05) is 37.7 Å². The molecule has 1 aromatic carbocycles. The predicted octanol–water partition coefficient (Wildman–Crippen LogP) is 3.25. The van der Waals surface area contributed by atoms with Crippen LogP contribution in [0.15, 0.2) is 18.2 Å². The normalized spacial score (nSPS) is 20.4. The molecule has 0 aliphatic carbocycles. The van der Waals surface area contributed by atoms with Crippen molar-refractivity contribution in [3.05, 3.63) is 33.9 Å². The summed E-state index contributed by atoms with van der Waals surface area (Å²) in [5, 5.41) is 11.6. The summed E-state index contributed by atoms with van der Waals surface area (Å²) >= 11 is 0. The molecule has 2 fully saturated rings. The smallest absolute Gasteiger partial charge is 0.338 e. The van der Waals surface area contributed by atoms with Gasteiger partial charge in [-0.25, -0.2) is 4.79 Å². The van der Waals surface area contributed by atoms with E-state index in [9.17, 15) is 19.7 Å². The Hall–Kier alpha value is -2.64. The molecule has 2 aliphatic heterocycles. The summed E-state index contributed by atoms with van der Waals surface area (Å²) in [6.45, 7) is 6.79. The highest BCUT2D eigenvalue weighted by molar-refractivity contribution is 5.93. The van der Waals surface area contributed by atoms with Crippen LogP contribution in [0.25, 0.3) is 0 Å². The Morgan fingerprint density at radius 3 is 2.52 bits per heavy atom. The van der Waals surface area contributed by atoms with E-state index in [0.29, 0.717) is 30.6 Å². The summed E-state index contributed by atoms with van der Waals surface area (Å²) in [7, 11) is 0. The van der Waals surface area contributed by atoms with E-state index in [1.165, 1.54) is 12.1 Å². The summed E-state index contributed by atoms with van der Waals surface area (Å²) in [4.78, 5) is 39.5. The third-order valence-corrected chi connectivity index (χ3v) is 5.87. The molecule has 0 radical (unpaired) electrons. The van der Waals surface area contributed by atoms with E-state index in [1.807, 2.05) is 4.90 Å². The minimum Gasteiger partial charge on any atom is -0.452 e. The van der Waals surface area contributed by atoms with Gasteiger partial charge in [0.25, 0.3) is 11.6 Å². The van der Waals surface area contributed by atoms with Crippen LogP contribution in [0.3, 0.4) is 0 Å². The highest BCUT2D eigenvalue weighted by Crippen LogP contribution is 2.32. The van der Waals surface area contributed by atoms with Crippen LogP contribution in [0.5, 0.6) is 0 Å². The average molecular weight is 403 g/mol. The number of benzene rings is 1. The quantitative estimate of drug-likeness (QED) is 0.426. The Labute approximate surface area is 171 Å². The molecule has 3 rings (SSSR count). The second-order valence-corrected chi connectivity index (χ2v) is 8.29. The number of likely N-dealkylation sites (tertiary alicyclic amines) is 1. The molecule has 8 heteroatoms. The van der Waals surface area contributed by atoms with Crippen LogP contribution in [-0.4, -0.2) is 54.5 Å². The summed E-state index contributed by atoms with van der Waals surface area (Å²) in [6.07, 6.45) is 4.01. The van der Waals surface area contributed by atoms with Crippen LogP contribution in [0, 0.1) is 22.0 Å². The van der Waals surface area contributed by atoms with Gasteiger partial charge in [0.1, 0.15) is 5.69 Å². The zero-order chi connectivity index (χ0) is 21.0. The van der Waals surface area contributed by atoms with Gasteiger partial charge < -0.3 is 14.5 Å². The van der Waals surface area contributed by atoms with Gasteiger partial charge in [0.05, 0.1) is 10.5 Å². The number of rotatable bonds is 5. The van der Waals surface area contributed by atoms with Gasteiger partial charge in [0, 0.05) is 32.2 Å². The van der Waals surface area contributed by atoms with Gasteiger partial charge in [0.15, 0.2) is 6.61 Å². The fraction of sp³-hybridized carbons (Fsp3) is 0.619. The van der Waals surface area contributed by atoms with Crippen molar-refractivity contribution in [3.63, 3.8) is 0 Å². The first kappa shape index (κ1) is 21.1. The van der Waals surface area contributed by atoms with E-state index in [1.54, 1.807) is 11.0 Å². The number of hydrogen-bond donors (Lipinski definition) is 0. The summed E-state index contributed by atoms with van der Waals surface area (Å²) in [6, 6.07) is 4.40. The van der Waals surface area contributed by atoms with E-state index < -0.39 is 10.9 Å². The molecule has 1 atom stereocenters. The molecule has 29 heavy (non-hydrogen) atoms. The van der Waals surface area contributed by atoms with Gasteiger partial charge in [-0.3, -0.25) is 14.9 Å². The first-order valence-electron chi connectivity index (χ1n) is 10.3. The molecule has 158 valence electrons. The van der Waals surface area contributed by atoms with Crippen molar-refractivity contribution in [2.45, 2.75) is 39.5 Å². The number of piperidine rings is 2. The monoisotopic (exact) mass is 403 g/mol. The second-order valence-electron chi connectivity index (χ2n) is 8.29. The van der Waals surface area contributed by atoms with Gasteiger partial charge in [-0.2, -0.15) is 0 Å². The highest BCUT2D eigenvalue weighted by atomic mass is 16.6. The van der Waals surface area contributed by atoms with E-state index in [2.05, 4.69) is 13.8 Å². The predicted molar refractivity (Wildman–Crippen MR) is 109 cm³/mol. The third kappa shape index (κ3) is 5.25. The lowest BCUT2D eigenvalue weighted by molar-refractivity contribution is -0.384. The highest BCUT2D eigenvalue weighted by Gasteiger charge is 2.26. The van der Waals surface area contributed by atoms with Gasteiger partial charge in [0.2, 0.25) is 0 Å². The van der Waals surface area contributed by atoms with Crippen LogP contribution in [0.4, 0.5) is 11.4 Å². The number of hydrogen-bond acceptors (Lipinski definition) is 6. The molecule has 0 N–H and O–H groups in total. The van der Waals surface area contributed by atoms with Crippen LogP contribution in [-0.2, 0) is 9.53 Å². The topological polar surface area (TPSA) is 93.0 Å². The molecule has 0 spiro atoms. The Morgan fingerprint density at radius 1 is 1.14 bits per heavy atom. The van der Waals surface area contributed by atoms with Crippen LogP contribution in [0.2, 0.25) is 0 Å². The summed E-state index contributed by atoms with van der Waals surface area (Å²) < 4.78 is 5.15. The Bertz CT molecular complexity index is 774. The summed E-state index contributed by atoms with van der Waals surface area (Å²) in [5.74, 6) is 0.111. The Morgan fingerprint density at radius 2 is 1.86 bits per heavy atom. The van der Waals surface area contributed by atoms with Crippen molar-refractivity contribution in [1.82, 2.24) is 4.90 Å². The largest absolute Gasteiger partial charge is 0.452 e. The number of nitro groups is 1. The molecule has 1 amide bonds. The van der Waals surface area contributed by atoms with Crippen molar-refractivity contribution < 1.29 is 19.2 Å². The van der Waals surface area contributed by atoms with Gasteiger partial charge in [-0.15, -0.1) is 0 Å². The molecule has 2 aliphatic rings. The van der Waals surface area contributed by atoms with Gasteiger partial charge in [-0.05, 0) is 49.7 Å².